The summed E-state index contributed by atoms with van der Waals surface area (Å²) in [6.45, 7) is 0.849. The molecule has 0 bridgehead atoms. The zero-order valence-electron chi connectivity index (χ0n) is 13.8. The molecule has 2 heterocycles. The fraction of sp³-hybridized carbons (Fsp3) is 0.600. The molecule has 1 aromatic heterocycles. The van der Waals surface area contributed by atoms with Gasteiger partial charge in [0.15, 0.2) is 0 Å². The molecule has 15 heteroatoms. The molecule has 9 N–H and O–H groups in total. The van der Waals surface area contributed by atoms with E-state index in [2.05, 4.69) is 19.5 Å². The molecule has 0 spiro atoms. The lowest BCUT2D eigenvalue weighted by Crippen LogP contribution is -2.33. The van der Waals surface area contributed by atoms with Gasteiger partial charge >= 0.3 is 5.69 Å². The topological polar surface area (TPSA) is 258 Å². The van der Waals surface area contributed by atoms with Gasteiger partial charge in [0.1, 0.15) is 6.23 Å². The Morgan fingerprint density at radius 2 is 2.16 bits per heavy atom. The van der Waals surface area contributed by atoms with Crippen molar-refractivity contribution in [1.29, 1.82) is 0 Å². The summed E-state index contributed by atoms with van der Waals surface area (Å²) in [5.74, 6) is 0. The highest BCUT2D eigenvalue weighted by atomic mass is 31.2. The Bertz CT molecular complexity index is 796. The minimum Gasteiger partial charge on any atom is -0.790 e. The van der Waals surface area contributed by atoms with Crippen LogP contribution < -0.4 is 33.3 Å². The van der Waals surface area contributed by atoms with Crippen molar-refractivity contribution in [2.24, 2.45) is 5.11 Å². The van der Waals surface area contributed by atoms with Gasteiger partial charge in [-0.1, -0.05) is 5.11 Å². The van der Waals surface area contributed by atoms with Gasteiger partial charge in [-0.25, -0.2) is 4.79 Å². The molecule has 0 amide bonds. The summed E-state index contributed by atoms with van der Waals surface area (Å²) in [6.07, 6.45) is -0.606. The van der Waals surface area contributed by atoms with Gasteiger partial charge in [0.2, 0.25) is 0 Å². The molecule has 1 aromatic rings. The number of phosphoric ester groups is 1. The van der Waals surface area contributed by atoms with E-state index in [0.29, 0.717) is 0 Å². The highest BCUT2D eigenvalue weighted by Gasteiger charge is 2.36. The maximum Gasteiger partial charge on any atom is 0.330 e. The molecule has 1 saturated heterocycles. The molecule has 0 aliphatic carbocycles. The van der Waals surface area contributed by atoms with Gasteiger partial charge < -0.3 is 35.9 Å². The van der Waals surface area contributed by atoms with Gasteiger partial charge in [0.25, 0.3) is 5.56 Å². The first-order chi connectivity index (χ1) is 10.7. The van der Waals surface area contributed by atoms with Crippen LogP contribution in [-0.2, 0) is 13.8 Å². The summed E-state index contributed by atoms with van der Waals surface area (Å²) in [4.78, 5) is 49.0. The fourth-order valence-electron chi connectivity index (χ4n) is 2.19. The number of phosphoric acid groups is 1. The number of aromatic amines is 1. The minimum absolute atomic E-state index is 0. The lowest BCUT2D eigenvalue weighted by atomic mass is 10.1. The summed E-state index contributed by atoms with van der Waals surface area (Å²) < 4.78 is 21.2. The second-order valence-corrected chi connectivity index (χ2v) is 6.01. The summed E-state index contributed by atoms with van der Waals surface area (Å²) in [5.41, 5.74) is 7.51. The Hall–Kier alpha value is -2.02. The number of nitrogens with one attached hydrogen (secondary N) is 1. The number of nitrogens with zero attached hydrogens (tertiary/aromatic N) is 4. The summed E-state index contributed by atoms with van der Waals surface area (Å²) in [5, 5.41) is 3.45. The third-order valence-electron chi connectivity index (χ3n) is 3.26. The molecule has 0 radical (unpaired) electrons. The lowest BCUT2D eigenvalue weighted by molar-refractivity contribution is -0.343. The van der Waals surface area contributed by atoms with E-state index >= 15 is 0 Å². The zero-order chi connectivity index (χ0) is 17.2. The van der Waals surface area contributed by atoms with E-state index in [0.717, 1.165) is 4.57 Å². The van der Waals surface area contributed by atoms with Crippen LogP contribution in [0.5, 0.6) is 0 Å². The number of ether oxygens (including phenoxy) is 1. The minimum atomic E-state index is -5.21. The maximum absolute atomic E-state index is 11.8. The highest BCUT2D eigenvalue weighted by molar-refractivity contribution is 7.43. The van der Waals surface area contributed by atoms with E-state index in [1.54, 1.807) is 0 Å². The van der Waals surface area contributed by atoms with Crippen LogP contribution in [0.1, 0.15) is 18.2 Å². The van der Waals surface area contributed by atoms with E-state index in [4.69, 9.17) is 10.3 Å². The average Bonchev–Trinajstić information content (AvgIpc) is 2.83. The van der Waals surface area contributed by atoms with Gasteiger partial charge in [0, 0.05) is 23.1 Å². The second-order valence-electron chi connectivity index (χ2n) is 4.86. The normalized spacial score (nSPS) is 22.4. The smallest absolute Gasteiger partial charge is 0.330 e. The van der Waals surface area contributed by atoms with E-state index in [1.165, 1.54) is 13.1 Å². The largest absolute Gasteiger partial charge is 0.790 e. The first-order valence-corrected chi connectivity index (χ1v) is 7.85. The van der Waals surface area contributed by atoms with Crippen LogP contribution in [0, 0.1) is 6.92 Å². The van der Waals surface area contributed by atoms with E-state index < -0.39 is 44.1 Å². The van der Waals surface area contributed by atoms with Crippen LogP contribution in [-0.4, -0.2) is 28.3 Å². The van der Waals surface area contributed by atoms with Crippen molar-refractivity contribution in [2.45, 2.75) is 31.7 Å². The van der Waals surface area contributed by atoms with Crippen LogP contribution in [0.2, 0.25) is 0 Å². The Kier molecular flexibility index (Phi) is 8.18. The van der Waals surface area contributed by atoms with Crippen LogP contribution in [0.3, 0.4) is 0 Å². The molecule has 3 atom stereocenters. The number of quaternary nitrogens is 2. The van der Waals surface area contributed by atoms with Crippen LogP contribution in [0.15, 0.2) is 20.9 Å². The van der Waals surface area contributed by atoms with Gasteiger partial charge in [-0.15, -0.1) is 0 Å². The monoisotopic (exact) mass is 381 g/mol. The Labute approximate surface area is 140 Å². The van der Waals surface area contributed by atoms with E-state index in [-0.39, 0.29) is 24.3 Å². The molecule has 0 unspecified atom stereocenters. The van der Waals surface area contributed by atoms with Crippen molar-refractivity contribution in [3.8, 4) is 0 Å². The predicted octanol–water partition coefficient (Wildman–Crippen LogP) is -0.591. The quantitative estimate of drug-likeness (QED) is 0.258. The zero-order valence-corrected chi connectivity index (χ0v) is 14.7. The maximum atomic E-state index is 11.8. The third-order valence-corrected chi connectivity index (χ3v) is 3.72. The number of H-pyrrole nitrogens is 1. The molecular formula is C10H20N7O7P. The average molecular weight is 381 g/mol. The van der Waals surface area contributed by atoms with Gasteiger partial charge in [-0.05, 0) is 12.5 Å². The Morgan fingerprint density at radius 3 is 2.72 bits per heavy atom. The van der Waals surface area contributed by atoms with Crippen molar-refractivity contribution in [3.63, 3.8) is 0 Å². The number of aryl methyl sites for hydroxylation is 1. The third kappa shape index (κ3) is 5.77. The van der Waals surface area contributed by atoms with Crippen molar-refractivity contribution >= 4 is 7.82 Å². The van der Waals surface area contributed by atoms with Crippen molar-refractivity contribution in [3.05, 3.63) is 43.0 Å². The van der Waals surface area contributed by atoms with Crippen molar-refractivity contribution in [2.75, 3.05) is 6.61 Å². The van der Waals surface area contributed by atoms with Gasteiger partial charge in [-0.2, -0.15) is 0 Å². The number of rotatable bonds is 5. The molecule has 14 nitrogen and oxygen atoms in total. The predicted molar refractivity (Wildman–Crippen MR) is 83.0 cm³/mol. The number of hydrogen-bond donors (Lipinski definition) is 3. The number of azide groups is 1. The molecule has 0 saturated carbocycles. The summed E-state index contributed by atoms with van der Waals surface area (Å²) in [6, 6.07) is -0.837. The van der Waals surface area contributed by atoms with Crippen molar-refractivity contribution in [1.82, 2.24) is 21.9 Å². The standard InChI is InChI=1S/C10H14N5O7P.2H3N/c1-5-3-15(10(17)12-9(5)16)8-2-6(13-14-11)7(22-8)4-21-23(18,19)20;;/h3,6-8H,2,4H2,1H3,(H,12,16,17)(H2,18,19,20);2*1H3/t6-,7+,8+;;/m0../s1. The first-order valence-electron chi connectivity index (χ1n) is 6.39. The van der Waals surface area contributed by atoms with Crippen LogP contribution in [0.4, 0.5) is 0 Å². The van der Waals surface area contributed by atoms with Crippen LogP contribution >= 0.6 is 7.82 Å². The second kappa shape index (κ2) is 8.89. The van der Waals surface area contributed by atoms with Crippen LogP contribution in [0.25, 0.3) is 10.4 Å². The Balaban J connectivity index is 0.00000288. The van der Waals surface area contributed by atoms with E-state index in [9.17, 15) is 23.9 Å². The number of hydrogen-bond acceptors (Lipinski definition) is 8. The molecule has 142 valence electrons. The molecular weight excluding hydrogens is 361 g/mol. The van der Waals surface area contributed by atoms with Gasteiger partial charge in [0.05, 0.1) is 26.6 Å². The number of aromatic nitrogens is 2. The SMILES string of the molecule is Cc1cn([C@H]2C[C@H](N=[N+]=[N-])[C@@H](COP(=O)([O-])[O-])O2)c(=O)[nH]c1=O.[NH4+].[NH4+]. The molecule has 1 fully saturated rings. The molecule has 0 aromatic carbocycles. The molecule has 1 aliphatic rings. The fourth-order valence-corrected chi connectivity index (χ4v) is 2.52. The van der Waals surface area contributed by atoms with Gasteiger partial charge in [-0.3, -0.25) is 14.3 Å². The van der Waals surface area contributed by atoms with Crippen molar-refractivity contribution < 1.29 is 23.6 Å². The lowest BCUT2D eigenvalue weighted by Gasteiger charge is -2.30. The Morgan fingerprint density at radius 1 is 1.52 bits per heavy atom. The first kappa shape index (κ1) is 23.0. The molecule has 2 rings (SSSR count). The van der Waals surface area contributed by atoms with E-state index in [1.807, 2.05) is 0 Å². The molecule has 25 heavy (non-hydrogen) atoms. The highest BCUT2D eigenvalue weighted by Crippen LogP contribution is 2.33. The molecule has 1 aliphatic heterocycles. The summed E-state index contributed by atoms with van der Waals surface area (Å²) in [7, 11) is -5.21. The summed E-state index contributed by atoms with van der Waals surface area (Å²) >= 11 is 0.